The Morgan fingerprint density at radius 2 is 1.51 bits per heavy atom. The molecule has 1 aliphatic heterocycles. The Balaban J connectivity index is 1.09. The summed E-state index contributed by atoms with van der Waals surface area (Å²) in [5.74, 6) is 1.60. The van der Waals surface area contributed by atoms with Crippen LogP contribution in [0.3, 0.4) is 0 Å². The Morgan fingerprint density at radius 1 is 0.818 bits per heavy atom. The fourth-order valence-electron chi connectivity index (χ4n) is 15.0. The number of esters is 1. The van der Waals surface area contributed by atoms with Crippen molar-refractivity contribution in [2.75, 3.05) is 26.2 Å². The second-order valence-corrected chi connectivity index (χ2v) is 21.6. The lowest BCUT2D eigenvalue weighted by molar-refractivity contribution is -0.250. The van der Waals surface area contributed by atoms with Crippen LogP contribution in [0.5, 0.6) is 0 Å². The maximum absolute atomic E-state index is 15.1. The molecule has 1 heterocycles. The van der Waals surface area contributed by atoms with Crippen molar-refractivity contribution in [2.24, 2.45) is 62.1 Å². The van der Waals surface area contributed by atoms with E-state index < -0.39 is 11.4 Å². The molecule has 6 fully saturated rings. The topological polar surface area (TPSA) is 87.2 Å². The van der Waals surface area contributed by atoms with Crippen LogP contribution in [0.2, 0.25) is 0 Å². The smallest absolute Gasteiger partial charge is 0.306 e. The fraction of sp³-hybridized carbons (Fsp3) is 0.771. The molecule has 6 aliphatic rings. The highest BCUT2D eigenvalue weighted by molar-refractivity contribution is 5.84. The molecule has 10 atom stereocenters. The first-order valence-corrected chi connectivity index (χ1v) is 21.9. The highest BCUT2D eigenvalue weighted by atomic mass is 16.5. The van der Waals surface area contributed by atoms with Gasteiger partial charge in [-0.15, -0.1) is 0 Å². The number of amides is 1. The number of fused-ring (bicyclic) bond motifs is 7. The van der Waals surface area contributed by atoms with E-state index in [1.807, 2.05) is 13.8 Å². The van der Waals surface area contributed by atoms with E-state index in [9.17, 15) is 14.7 Å². The molecule has 5 saturated carbocycles. The lowest BCUT2D eigenvalue weighted by Gasteiger charge is -2.73. The molecule has 1 amide bonds. The summed E-state index contributed by atoms with van der Waals surface area (Å²) in [4.78, 5) is 44.6. The van der Waals surface area contributed by atoms with E-state index in [-0.39, 0.29) is 52.0 Å². The highest BCUT2D eigenvalue weighted by Gasteiger charge is 2.72. The number of allylic oxidation sites excluding steroid dienone is 1. The number of nitrogens with zero attached hydrogens (tertiary/aromatic N) is 2. The quantitative estimate of drug-likeness (QED) is 0.200. The van der Waals surface area contributed by atoms with Crippen molar-refractivity contribution in [1.29, 1.82) is 0 Å². The third-order valence-corrected chi connectivity index (χ3v) is 17.9. The van der Waals surface area contributed by atoms with Gasteiger partial charge in [-0.05, 0) is 128 Å². The summed E-state index contributed by atoms with van der Waals surface area (Å²) in [6.45, 7) is 27.5. The third-order valence-electron chi connectivity index (χ3n) is 17.9. The van der Waals surface area contributed by atoms with E-state index in [1.54, 1.807) is 0 Å². The standard InChI is InChI=1S/C48H72N2O5/c1-32(2)34-17-22-48(42(54)50-27-25-49(26-28-50)31-33-13-11-10-12-14-33)24-23-46(8)35(41(34)48)15-16-37-45(7)20-19-38(44(5,6)36(45)18-21-47(37,46)9)55-40(53)30-43(3,4)29-39(51)52/h10-14,34-38,41H,1,15-31H2,2-9H3,(H,51,52)/t34-,35+,36-,37+,38-,41+,45-,46+,47+,48-/m0/s1. The number of ether oxygens (including phenoxy) is 1. The second-order valence-electron chi connectivity index (χ2n) is 21.6. The lowest BCUT2D eigenvalue weighted by Crippen LogP contribution is -2.67. The molecule has 0 radical (unpaired) electrons. The van der Waals surface area contributed by atoms with Gasteiger partial charge in [0.2, 0.25) is 5.91 Å². The molecule has 1 saturated heterocycles. The van der Waals surface area contributed by atoms with E-state index in [2.05, 4.69) is 88.3 Å². The third kappa shape index (κ3) is 6.72. The number of carboxylic acids is 1. The summed E-state index contributed by atoms with van der Waals surface area (Å²) in [5.41, 5.74) is 1.99. The van der Waals surface area contributed by atoms with Gasteiger partial charge < -0.3 is 14.7 Å². The van der Waals surface area contributed by atoms with Crippen molar-refractivity contribution in [3.8, 4) is 0 Å². The number of carboxylic acid groups (broad SMARTS) is 1. The molecule has 1 aromatic rings. The zero-order valence-corrected chi connectivity index (χ0v) is 35.6. The zero-order valence-electron chi connectivity index (χ0n) is 35.6. The minimum Gasteiger partial charge on any atom is -0.481 e. The monoisotopic (exact) mass is 757 g/mol. The van der Waals surface area contributed by atoms with Gasteiger partial charge >= 0.3 is 11.9 Å². The number of benzene rings is 1. The summed E-state index contributed by atoms with van der Waals surface area (Å²) < 4.78 is 6.30. The number of hydrogen-bond acceptors (Lipinski definition) is 5. The maximum atomic E-state index is 15.1. The van der Waals surface area contributed by atoms with E-state index in [0.717, 1.165) is 77.7 Å². The Morgan fingerprint density at radius 3 is 2.16 bits per heavy atom. The van der Waals surface area contributed by atoms with Crippen molar-refractivity contribution < 1.29 is 24.2 Å². The first kappa shape index (κ1) is 40.5. The first-order valence-electron chi connectivity index (χ1n) is 21.9. The number of piperazine rings is 1. The predicted molar refractivity (Wildman–Crippen MR) is 218 cm³/mol. The average Bonchev–Trinajstić information content (AvgIpc) is 3.51. The molecule has 55 heavy (non-hydrogen) atoms. The molecule has 304 valence electrons. The molecule has 0 spiro atoms. The van der Waals surface area contributed by atoms with Crippen LogP contribution in [-0.4, -0.2) is 65.0 Å². The van der Waals surface area contributed by atoms with Gasteiger partial charge in [-0.2, -0.15) is 0 Å². The fourth-order valence-corrected chi connectivity index (χ4v) is 15.0. The van der Waals surface area contributed by atoms with Gasteiger partial charge in [0.15, 0.2) is 0 Å². The summed E-state index contributed by atoms with van der Waals surface area (Å²) in [6.07, 6.45) is 10.7. The van der Waals surface area contributed by atoms with E-state index in [1.165, 1.54) is 30.4 Å². The number of rotatable bonds is 9. The average molecular weight is 757 g/mol. The van der Waals surface area contributed by atoms with E-state index in [0.29, 0.717) is 35.5 Å². The zero-order chi connectivity index (χ0) is 39.8. The molecule has 0 aromatic heterocycles. The predicted octanol–water partition coefficient (Wildman–Crippen LogP) is 9.79. The first-order chi connectivity index (χ1) is 25.8. The van der Waals surface area contributed by atoms with Gasteiger partial charge in [0.1, 0.15) is 6.10 Å². The summed E-state index contributed by atoms with van der Waals surface area (Å²) in [6, 6.07) is 10.7. The molecule has 1 aromatic carbocycles. The molecule has 1 N–H and O–H groups in total. The van der Waals surface area contributed by atoms with Gasteiger partial charge in [0, 0.05) is 38.1 Å². The Bertz CT molecular complexity index is 1650. The number of carbonyl (C=O) groups excluding carboxylic acids is 2. The van der Waals surface area contributed by atoms with Crippen molar-refractivity contribution in [3.05, 3.63) is 48.0 Å². The largest absolute Gasteiger partial charge is 0.481 e. The van der Waals surface area contributed by atoms with Crippen LogP contribution in [0.4, 0.5) is 0 Å². The van der Waals surface area contributed by atoms with Crippen LogP contribution in [0, 0.1) is 62.1 Å². The van der Waals surface area contributed by atoms with Gasteiger partial charge in [0.05, 0.1) is 18.3 Å². The van der Waals surface area contributed by atoms with Crippen LogP contribution in [0.25, 0.3) is 0 Å². The van der Waals surface area contributed by atoms with Crippen LogP contribution >= 0.6 is 0 Å². The molecule has 7 rings (SSSR count). The highest BCUT2D eigenvalue weighted by Crippen LogP contribution is 2.77. The molecule has 0 bridgehead atoms. The normalized spacial score (nSPS) is 39.9. The Hall–Kier alpha value is -2.67. The van der Waals surface area contributed by atoms with Crippen molar-refractivity contribution in [1.82, 2.24) is 9.80 Å². The molecule has 7 heteroatoms. The minimum absolute atomic E-state index is 0.0493. The van der Waals surface area contributed by atoms with Crippen LogP contribution in [0.15, 0.2) is 42.5 Å². The summed E-state index contributed by atoms with van der Waals surface area (Å²) in [5, 5.41) is 9.38. The van der Waals surface area contributed by atoms with Gasteiger partial charge in [-0.25, -0.2) is 0 Å². The molecular formula is C48H72N2O5. The van der Waals surface area contributed by atoms with Crippen LogP contribution < -0.4 is 0 Å². The summed E-state index contributed by atoms with van der Waals surface area (Å²) in [7, 11) is 0. The van der Waals surface area contributed by atoms with Crippen molar-refractivity contribution >= 4 is 17.8 Å². The SMILES string of the molecule is C=C(C)[C@@H]1CC[C@]2(C(=O)N3CCN(Cc4ccccc4)CC3)CC[C@]3(C)[C@H](CC[C@@H]4[C@@]5(C)CC[C@H](OC(=O)CC(C)(C)CC(=O)O)C(C)(C)[C@@H]5CC[C@]43C)[C@@H]12. The van der Waals surface area contributed by atoms with Crippen LogP contribution in [-0.2, 0) is 25.7 Å². The van der Waals surface area contributed by atoms with Gasteiger partial charge in [-0.1, -0.05) is 91.0 Å². The lowest BCUT2D eigenvalue weighted by atomic mass is 9.32. The van der Waals surface area contributed by atoms with Gasteiger partial charge in [0.25, 0.3) is 0 Å². The molecule has 5 aliphatic carbocycles. The van der Waals surface area contributed by atoms with Crippen molar-refractivity contribution in [2.45, 2.75) is 145 Å². The Labute approximate surface area is 332 Å². The Kier molecular flexibility index (Phi) is 10.5. The molecule has 7 nitrogen and oxygen atoms in total. The van der Waals surface area contributed by atoms with Crippen molar-refractivity contribution in [3.63, 3.8) is 0 Å². The second kappa shape index (κ2) is 14.3. The van der Waals surface area contributed by atoms with E-state index >= 15 is 4.79 Å². The number of aliphatic carboxylic acids is 1. The number of carbonyl (C=O) groups is 3. The molecular weight excluding hydrogens is 685 g/mol. The van der Waals surface area contributed by atoms with Crippen LogP contribution in [0.1, 0.15) is 138 Å². The van der Waals surface area contributed by atoms with E-state index in [4.69, 9.17) is 4.74 Å². The minimum atomic E-state index is -0.883. The molecule has 0 unspecified atom stereocenters. The van der Waals surface area contributed by atoms with Gasteiger partial charge in [-0.3, -0.25) is 19.3 Å². The maximum Gasteiger partial charge on any atom is 0.306 e. The number of hydrogen-bond donors (Lipinski definition) is 1. The summed E-state index contributed by atoms with van der Waals surface area (Å²) >= 11 is 0.